The Balaban J connectivity index is 1.83. The highest BCUT2D eigenvalue weighted by atomic mass is 79.9. The SMILES string of the molecule is CNc1ncc(Br)c(NCCC(=O)N2CCCC2)n1. The maximum absolute atomic E-state index is 11.9. The van der Waals surface area contributed by atoms with Crippen LogP contribution in [0.5, 0.6) is 0 Å². The zero-order valence-corrected chi connectivity index (χ0v) is 12.5. The van der Waals surface area contributed by atoms with Crippen molar-refractivity contribution in [2.24, 2.45) is 0 Å². The summed E-state index contributed by atoms with van der Waals surface area (Å²) in [6.45, 7) is 2.38. The molecule has 2 N–H and O–H groups in total. The van der Waals surface area contributed by atoms with Crippen LogP contribution in [0.2, 0.25) is 0 Å². The molecule has 1 aromatic heterocycles. The van der Waals surface area contributed by atoms with Gasteiger partial charge in [0.15, 0.2) is 0 Å². The highest BCUT2D eigenvalue weighted by molar-refractivity contribution is 9.10. The van der Waals surface area contributed by atoms with Gasteiger partial charge in [-0.2, -0.15) is 4.98 Å². The van der Waals surface area contributed by atoms with Crippen molar-refractivity contribution in [3.05, 3.63) is 10.7 Å². The summed E-state index contributed by atoms with van der Waals surface area (Å²) in [5.41, 5.74) is 0. The summed E-state index contributed by atoms with van der Waals surface area (Å²) in [6.07, 6.45) is 4.43. The predicted octanol–water partition coefficient (Wildman–Crippen LogP) is 1.71. The fourth-order valence-electron chi connectivity index (χ4n) is 2.02. The fraction of sp³-hybridized carbons (Fsp3) is 0.583. The Labute approximate surface area is 121 Å². The first kappa shape index (κ1) is 14.0. The highest BCUT2D eigenvalue weighted by Crippen LogP contribution is 2.20. The molecule has 1 aromatic rings. The lowest BCUT2D eigenvalue weighted by Gasteiger charge is -2.15. The number of aromatic nitrogens is 2. The predicted molar refractivity (Wildman–Crippen MR) is 78.2 cm³/mol. The van der Waals surface area contributed by atoms with Gasteiger partial charge in [-0.3, -0.25) is 4.79 Å². The average molecular weight is 328 g/mol. The van der Waals surface area contributed by atoms with Crippen LogP contribution in [0.1, 0.15) is 19.3 Å². The number of likely N-dealkylation sites (tertiary alicyclic amines) is 1. The molecule has 2 heterocycles. The van der Waals surface area contributed by atoms with Crippen molar-refractivity contribution in [1.29, 1.82) is 0 Å². The second kappa shape index (κ2) is 6.70. The Hall–Kier alpha value is -1.37. The minimum atomic E-state index is 0.212. The molecule has 0 aliphatic carbocycles. The third kappa shape index (κ3) is 3.79. The number of nitrogens with zero attached hydrogens (tertiary/aromatic N) is 3. The molecule has 0 radical (unpaired) electrons. The number of amides is 1. The molecule has 7 heteroatoms. The van der Waals surface area contributed by atoms with E-state index in [0.717, 1.165) is 30.4 Å². The molecule has 0 bridgehead atoms. The van der Waals surface area contributed by atoms with Gasteiger partial charge in [0.05, 0.1) is 4.47 Å². The Morgan fingerprint density at radius 2 is 2.21 bits per heavy atom. The molecule has 0 aromatic carbocycles. The molecule has 1 saturated heterocycles. The first-order valence-corrected chi connectivity index (χ1v) is 7.22. The average Bonchev–Trinajstić information content (AvgIpc) is 2.95. The standard InChI is InChI=1S/C12H18BrN5O/c1-14-12-16-8-9(13)11(17-12)15-5-4-10(19)18-6-2-3-7-18/h8H,2-7H2,1H3,(H2,14,15,16,17). The summed E-state index contributed by atoms with van der Waals surface area (Å²) in [4.78, 5) is 22.2. The molecule has 104 valence electrons. The number of rotatable bonds is 5. The van der Waals surface area contributed by atoms with Crippen molar-refractivity contribution in [1.82, 2.24) is 14.9 Å². The van der Waals surface area contributed by atoms with Crippen LogP contribution in [-0.4, -0.2) is 47.5 Å². The Morgan fingerprint density at radius 3 is 2.89 bits per heavy atom. The lowest BCUT2D eigenvalue weighted by molar-refractivity contribution is -0.129. The van der Waals surface area contributed by atoms with Crippen LogP contribution >= 0.6 is 15.9 Å². The number of hydrogen-bond acceptors (Lipinski definition) is 5. The van der Waals surface area contributed by atoms with Crippen molar-refractivity contribution in [2.75, 3.05) is 37.3 Å². The molecule has 6 nitrogen and oxygen atoms in total. The molecule has 2 rings (SSSR count). The molecule has 1 fully saturated rings. The van der Waals surface area contributed by atoms with Crippen LogP contribution in [-0.2, 0) is 4.79 Å². The minimum absolute atomic E-state index is 0.212. The topological polar surface area (TPSA) is 70.2 Å². The number of nitrogens with one attached hydrogen (secondary N) is 2. The van der Waals surface area contributed by atoms with E-state index in [-0.39, 0.29) is 5.91 Å². The smallest absolute Gasteiger partial charge is 0.224 e. The molecule has 1 aliphatic heterocycles. The van der Waals surface area contributed by atoms with E-state index in [1.807, 2.05) is 4.90 Å². The quantitative estimate of drug-likeness (QED) is 0.861. The summed E-state index contributed by atoms with van der Waals surface area (Å²) in [6, 6.07) is 0. The van der Waals surface area contributed by atoms with E-state index in [9.17, 15) is 4.79 Å². The van der Waals surface area contributed by atoms with Gasteiger partial charge >= 0.3 is 0 Å². The molecule has 1 amide bonds. The molecular formula is C12H18BrN5O. The Bertz CT molecular complexity index is 448. The number of carbonyl (C=O) groups is 1. The lowest BCUT2D eigenvalue weighted by Crippen LogP contribution is -2.29. The van der Waals surface area contributed by atoms with Gasteiger partial charge in [-0.05, 0) is 28.8 Å². The summed E-state index contributed by atoms with van der Waals surface area (Å²) >= 11 is 3.38. The second-order valence-corrected chi connectivity index (χ2v) is 5.26. The second-order valence-electron chi connectivity index (χ2n) is 4.40. The normalized spacial score (nSPS) is 14.5. The Morgan fingerprint density at radius 1 is 1.47 bits per heavy atom. The van der Waals surface area contributed by atoms with Crippen LogP contribution in [0.25, 0.3) is 0 Å². The van der Waals surface area contributed by atoms with E-state index in [0.29, 0.717) is 24.7 Å². The van der Waals surface area contributed by atoms with Gasteiger partial charge in [-0.25, -0.2) is 4.98 Å². The van der Waals surface area contributed by atoms with Gasteiger partial charge in [0.1, 0.15) is 5.82 Å². The first-order valence-electron chi connectivity index (χ1n) is 6.42. The van der Waals surface area contributed by atoms with Crippen LogP contribution in [0.4, 0.5) is 11.8 Å². The van der Waals surface area contributed by atoms with Gasteiger partial charge < -0.3 is 15.5 Å². The van der Waals surface area contributed by atoms with Crippen molar-refractivity contribution in [3.8, 4) is 0 Å². The molecule has 0 spiro atoms. The number of hydrogen-bond donors (Lipinski definition) is 2. The number of anilines is 2. The maximum atomic E-state index is 11.9. The van der Waals surface area contributed by atoms with Gasteiger partial charge in [0.25, 0.3) is 0 Å². The van der Waals surface area contributed by atoms with Gasteiger partial charge in [0.2, 0.25) is 11.9 Å². The molecule has 0 atom stereocenters. The first-order chi connectivity index (χ1) is 9.20. The van der Waals surface area contributed by atoms with Crippen molar-refractivity contribution >= 4 is 33.6 Å². The summed E-state index contributed by atoms with van der Waals surface area (Å²) < 4.78 is 0.792. The monoisotopic (exact) mass is 327 g/mol. The highest BCUT2D eigenvalue weighted by Gasteiger charge is 2.17. The molecule has 1 aliphatic rings. The minimum Gasteiger partial charge on any atom is -0.368 e. The third-order valence-corrected chi connectivity index (χ3v) is 3.64. The van der Waals surface area contributed by atoms with E-state index in [2.05, 4.69) is 36.5 Å². The van der Waals surface area contributed by atoms with Crippen LogP contribution in [0.3, 0.4) is 0 Å². The van der Waals surface area contributed by atoms with Crippen LogP contribution < -0.4 is 10.6 Å². The van der Waals surface area contributed by atoms with E-state index >= 15 is 0 Å². The molecule has 19 heavy (non-hydrogen) atoms. The van der Waals surface area contributed by atoms with E-state index < -0.39 is 0 Å². The summed E-state index contributed by atoms with van der Waals surface area (Å²) in [5, 5.41) is 6.04. The molecule has 0 saturated carbocycles. The zero-order chi connectivity index (χ0) is 13.7. The van der Waals surface area contributed by atoms with Gasteiger partial charge in [0, 0.05) is 39.3 Å². The lowest BCUT2D eigenvalue weighted by atomic mass is 10.3. The third-order valence-electron chi connectivity index (χ3n) is 3.06. The molecule has 0 unspecified atom stereocenters. The zero-order valence-electron chi connectivity index (χ0n) is 10.9. The summed E-state index contributed by atoms with van der Waals surface area (Å²) in [5.74, 6) is 1.47. The van der Waals surface area contributed by atoms with E-state index in [4.69, 9.17) is 0 Å². The van der Waals surface area contributed by atoms with Gasteiger partial charge in [-0.15, -0.1) is 0 Å². The maximum Gasteiger partial charge on any atom is 0.224 e. The molecular weight excluding hydrogens is 310 g/mol. The fourth-order valence-corrected chi connectivity index (χ4v) is 2.36. The number of carbonyl (C=O) groups excluding carboxylic acids is 1. The van der Waals surface area contributed by atoms with Crippen molar-refractivity contribution in [2.45, 2.75) is 19.3 Å². The van der Waals surface area contributed by atoms with Crippen molar-refractivity contribution in [3.63, 3.8) is 0 Å². The van der Waals surface area contributed by atoms with Crippen molar-refractivity contribution < 1.29 is 4.79 Å². The Kier molecular flexibility index (Phi) is 4.95. The summed E-state index contributed by atoms with van der Waals surface area (Å²) in [7, 11) is 1.77. The van der Waals surface area contributed by atoms with E-state index in [1.165, 1.54) is 0 Å². The largest absolute Gasteiger partial charge is 0.368 e. The van der Waals surface area contributed by atoms with Gasteiger partial charge in [-0.1, -0.05) is 0 Å². The van der Waals surface area contributed by atoms with E-state index in [1.54, 1.807) is 13.2 Å². The number of halogens is 1. The van der Waals surface area contributed by atoms with Crippen LogP contribution in [0.15, 0.2) is 10.7 Å². The van der Waals surface area contributed by atoms with Crippen LogP contribution in [0, 0.1) is 0 Å².